The average Bonchev–Trinajstić information content (AvgIpc) is 0.901. The van der Waals surface area contributed by atoms with E-state index in [0.717, 1.165) is 96.3 Å². The Kier molecular flexibility index (Phi) is 80.2. The zero-order chi connectivity index (χ0) is 79.0. The number of carbonyl (C=O) groups is 4. The van der Waals surface area contributed by atoms with E-state index in [1.807, 2.05) is 0 Å². The van der Waals surface area contributed by atoms with Crippen LogP contribution < -0.4 is 0 Å². The summed E-state index contributed by atoms with van der Waals surface area (Å²) in [7, 11) is -9.93. The van der Waals surface area contributed by atoms with Crippen LogP contribution in [0.5, 0.6) is 0 Å². The smallest absolute Gasteiger partial charge is 0.462 e. The first-order valence-electron chi connectivity index (χ1n) is 46.1. The van der Waals surface area contributed by atoms with Gasteiger partial charge in [-0.1, -0.05) is 433 Å². The van der Waals surface area contributed by atoms with Crippen molar-refractivity contribution >= 4 is 39.5 Å². The number of carbonyl (C=O) groups excluding carboxylic acids is 4. The predicted molar refractivity (Wildman–Crippen MR) is 446 cm³/mol. The summed E-state index contributed by atoms with van der Waals surface area (Å²) in [4.78, 5) is 73.3. The minimum atomic E-state index is -4.97. The molecule has 3 N–H and O–H groups in total. The molecule has 0 saturated carbocycles. The molecule has 5 atom stereocenters. The van der Waals surface area contributed by atoms with Crippen LogP contribution in [0.25, 0.3) is 0 Å². The summed E-state index contributed by atoms with van der Waals surface area (Å²) < 4.78 is 68.9. The third-order valence-corrected chi connectivity index (χ3v) is 22.9. The van der Waals surface area contributed by atoms with Crippen molar-refractivity contribution in [1.29, 1.82) is 0 Å². The second-order valence-corrected chi connectivity index (χ2v) is 35.4. The maximum absolute atomic E-state index is 13.2. The zero-order valence-corrected chi connectivity index (χ0v) is 72.8. The van der Waals surface area contributed by atoms with Crippen LogP contribution in [0.3, 0.4) is 0 Å². The molecule has 0 aliphatic heterocycles. The zero-order valence-electron chi connectivity index (χ0n) is 71.0. The van der Waals surface area contributed by atoms with Crippen molar-refractivity contribution in [2.45, 2.75) is 502 Å². The second-order valence-electron chi connectivity index (χ2n) is 32.5. The fraction of sp³-hybridized carbons (Fsp3) is 0.955. The predicted octanol–water partition coefficient (Wildman–Crippen LogP) is 27.5. The van der Waals surface area contributed by atoms with Crippen LogP contribution in [-0.2, 0) is 65.4 Å². The summed E-state index contributed by atoms with van der Waals surface area (Å²) in [6.07, 6.45) is 76.8. The van der Waals surface area contributed by atoms with Gasteiger partial charge in [0.05, 0.1) is 26.4 Å². The standard InChI is InChI=1S/C89H174O17P2/c1-6-9-12-15-18-21-24-27-30-33-36-38-40-43-46-49-52-55-58-65-69-74-88(93)105-84(78-99-86(91)72-67-62-56-53-50-47-44-42-39-37-34-31-28-25-22-19-16-13-10-7-2)80-103-107(95,96)101-76-83(90)77-102-108(97,98)104-81-85(79-100-87(92)73-68-63-60-59-61-66-71-82(4)5)106-89(94)75-70-64-57-54-51-48-45-41-35-32-29-26-23-20-17-14-11-8-3/h82-85,90H,6-81H2,1-5H3,(H,95,96)(H,97,98)/t83-,84-,85-/m1/s1. The maximum atomic E-state index is 13.2. The van der Waals surface area contributed by atoms with Gasteiger partial charge in [-0.2, -0.15) is 0 Å². The molecular formula is C89H174O17P2. The maximum Gasteiger partial charge on any atom is 0.472 e. The van der Waals surface area contributed by atoms with Crippen LogP contribution in [0, 0.1) is 5.92 Å². The molecule has 642 valence electrons. The highest BCUT2D eigenvalue weighted by Gasteiger charge is 2.30. The normalized spacial score (nSPS) is 13.7. The molecule has 0 aromatic heterocycles. The first-order valence-corrected chi connectivity index (χ1v) is 49.1. The number of aliphatic hydroxyl groups excluding tert-OH is 1. The van der Waals surface area contributed by atoms with E-state index in [4.69, 9.17) is 37.0 Å². The van der Waals surface area contributed by atoms with Crippen LogP contribution in [0.1, 0.15) is 484 Å². The van der Waals surface area contributed by atoms with Crippen molar-refractivity contribution in [1.82, 2.24) is 0 Å². The molecule has 0 aromatic carbocycles. The van der Waals surface area contributed by atoms with Gasteiger partial charge in [-0.05, 0) is 31.6 Å². The lowest BCUT2D eigenvalue weighted by Gasteiger charge is -2.21. The Morgan fingerprint density at radius 2 is 0.426 bits per heavy atom. The van der Waals surface area contributed by atoms with Crippen LogP contribution in [0.4, 0.5) is 0 Å². The number of hydrogen-bond donors (Lipinski definition) is 3. The quantitative estimate of drug-likeness (QED) is 0.0222. The van der Waals surface area contributed by atoms with Crippen LogP contribution in [0.15, 0.2) is 0 Å². The van der Waals surface area contributed by atoms with Gasteiger partial charge in [-0.3, -0.25) is 37.3 Å². The molecule has 0 rings (SSSR count). The van der Waals surface area contributed by atoms with Gasteiger partial charge in [-0.15, -0.1) is 0 Å². The molecule has 0 saturated heterocycles. The molecule has 0 fully saturated rings. The van der Waals surface area contributed by atoms with Crippen molar-refractivity contribution < 1.29 is 80.2 Å². The molecule has 0 aliphatic carbocycles. The fourth-order valence-corrected chi connectivity index (χ4v) is 15.6. The average molecular weight is 1580 g/mol. The highest BCUT2D eigenvalue weighted by molar-refractivity contribution is 7.47. The van der Waals surface area contributed by atoms with Crippen LogP contribution in [-0.4, -0.2) is 96.7 Å². The third-order valence-electron chi connectivity index (χ3n) is 21.0. The van der Waals surface area contributed by atoms with Gasteiger partial charge in [0.2, 0.25) is 0 Å². The summed E-state index contributed by atoms with van der Waals surface area (Å²) in [6.45, 7) is 7.30. The molecule has 0 bridgehead atoms. The number of phosphoric acid groups is 2. The number of hydrogen-bond acceptors (Lipinski definition) is 15. The summed E-state index contributed by atoms with van der Waals surface area (Å²) in [6, 6.07) is 0. The van der Waals surface area contributed by atoms with Crippen molar-refractivity contribution in [2.75, 3.05) is 39.6 Å². The molecule has 0 aliphatic rings. The Balaban J connectivity index is 5.20. The number of ether oxygens (including phenoxy) is 4. The molecule has 17 nitrogen and oxygen atoms in total. The Bertz CT molecular complexity index is 2050. The lowest BCUT2D eigenvalue weighted by molar-refractivity contribution is -0.161. The fourth-order valence-electron chi connectivity index (χ4n) is 14.0. The largest absolute Gasteiger partial charge is 0.472 e. The van der Waals surface area contributed by atoms with E-state index in [-0.39, 0.29) is 25.7 Å². The van der Waals surface area contributed by atoms with E-state index >= 15 is 0 Å². The molecule has 108 heavy (non-hydrogen) atoms. The Morgan fingerprint density at radius 3 is 0.630 bits per heavy atom. The molecule has 0 radical (unpaired) electrons. The molecule has 0 amide bonds. The number of aliphatic hydroxyl groups is 1. The Labute approximate surface area is 664 Å². The van der Waals surface area contributed by atoms with Gasteiger partial charge in [0, 0.05) is 25.7 Å². The van der Waals surface area contributed by atoms with Gasteiger partial charge >= 0.3 is 39.5 Å². The van der Waals surface area contributed by atoms with E-state index in [0.29, 0.717) is 31.6 Å². The molecule has 0 aromatic rings. The van der Waals surface area contributed by atoms with Crippen LogP contribution >= 0.6 is 15.6 Å². The monoisotopic (exact) mass is 1580 g/mol. The Hall–Kier alpha value is -1.94. The molecule has 19 heteroatoms. The lowest BCUT2D eigenvalue weighted by atomic mass is 10.0. The van der Waals surface area contributed by atoms with Crippen molar-refractivity contribution in [3.8, 4) is 0 Å². The summed E-state index contributed by atoms with van der Waals surface area (Å²) >= 11 is 0. The second kappa shape index (κ2) is 81.6. The SMILES string of the molecule is CCCCCCCCCCCCCCCCCCCCCCCC(=O)O[C@H](COC(=O)CCCCCCCCCCCCCCCCCCCCCC)COP(=O)(O)OC[C@@H](O)COP(=O)(O)OC[C@@H](COC(=O)CCCCCCCCC(C)C)OC(=O)CCCCCCCCCCCCCCCCCCCC. The van der Waals surface area contributed by atoms with Gasteiger partial charge in [0.1, 0.15) is 19.3 Å². The highest BCUT2D eigenvalue weighted by Crippen LogP contribution is 2.45. The molecule has 0 spiro atoms. The first-order chi connectivity index (χ1) is 52.5. The number of unbranched alkanes of at least 4 members (excludes halogenated alkanes) is 61. The van der Waals surface area contributed by atoms with E-state index in [9.17, 15) is 43.2 Å². The number of rotatable bonds is 89. The third kappa shape index (κ3) is 82.1. The van der Waals surface area contributed by atoms with Gasteiger partial charge in [-0.25, -0.2) is 9.13 Å². The van der Waals surface area contributed by atoms with Crippen molar-refractivity contribution in [3.63, 3.8) is 0 Å². The highest BCUT2D eigenvalue weighted by atomic mass is 31.2. The topological polar surface area (TPSA) is 237 Å². The van der Waals surface area contributed by atoms with E-state index in [1.165, 1.54) is 302 Å². The molecular weight excluding hydrogens is 1400 g/mol. The Morgan fingerprint density at radius 1 is 0.250 bits per heavy atom. The van der Waals surface area contributed by atoms with Gasteiger partial charge in [0.15, 0.2) is 12.2 Å². The van der Waals surface area contributed by atoms with E-state index in [1.54, 1.807) is 0 Å². The number of phosphoric ester groups is 2. The number of esters is 4. The summed E-state index contributed by atoms with van der Waals surface area (Å²) in [5.74, 6) is -1.42. The minimum Gasteiger partial charge on any atom is -0.462 e. The molecule has 0 heterocycles. The summed E-state index contributed by atoms with van der Waals surface area (Å²) in [5.41, 5.74) is 0. The first kappa shape index (κ1) is 106. The van der Waals surface area contributed by atoms with Gasteiger partial charge in [0.25, 0.3) is 0 Å². The summed E-state index contributed by atoms with van der Waals surface area (Å²) in [5, 5.41) is 10.7. The van der Waals surface area contributed by atoms with Crippen LogP contribution in [0.2, 0.25) is 0 Å². The van der Waals surface area contributed by atoms with Gasteiger partial charge < -0.3 is 33.8 Å². The van der Waals surface area contributed by atoms with Crippen molar-refractivity contribution in [3.05, 3.63) is 0 Å². The minimum absolute atomic E-state index is 0.108. The van der Waals surface area contributed by atoms with E-state index in [2.05, 4.69) is 34.6 Å². The molecule has 2 unspecified atom stereocenters. The van der Waals surface area contributed by atoms with E-state index < -0.39 is 97.5 Å². The lowest BCUT2D eigenvalue weighted by Crippen LogP contribution is -2.30. The van der Waals surface area contributed by atoms with Crippen molar-refractivity contribution in [2.24, 2.45) is 5.92 Å².